The van der Waals surface area contributed by atoms with Gasteiger partial charge in [0.15, 0.2) is 0 Å². The minimum atomic E-state index is -0.535. The fourth-order valence-corrected chi connectivity index (χ4v) is 5.24. The lowest BCUT2D eigenvalue weighted by Gasteiger charge is -2.32. The average molecular weight is 540 g/mol. The molecule has 0 aliphatic carbocycles. The number of nitrogens with zero attached hydrogens (tertiary/aromatic N) is 1. The van der Waals surface area contributed by atoms with Gasteiger partial charge < -0.3 is 16.0 Å². The van der Waals surface area contributed by atoms with E-state index in [2.05, 4.69) is 10.2 Å². The predicted molar refractivity (Wildman–Crippen MR) is 153 cm³/mol. The molecule has 3 N–H and O–H groups in total. The topological polar surface area (TPSA) is 75.4 Å². The molecule has 0 bridgehead atoms. The average Bonchev–Trinajstić information content (AvgIpc) is 2.95. The van der Waals surface area contributed by atoms with E-state index in [1.54, 1.807) is 49.4 Å². The zero-order valence-corrected chi connectivity index (χ0v) is 22.5. The Bertz CT molecular complexity index is 1600. The summed E-state index contributed by atoms with van der Waals surface area (Å²) in [5.74, 6) is -1.40. The van der Waals surface area contributed by atoms with Crippen LogP contribution in [0.5, 0.6) is 0 Å². The second kappa shape index (κ2) is 11.3. The van der Waals surface area contributed by atoms with Gasteiger partial charge in [0.1, 0.15) is 11.6 Å². The number of aryl methyl sites for hydroxylation is 2. The Morgan fingerprint density at radius 3 is 2.55 bits per heavy atom. The molecule has 5 rings (SSSR count). The number of hydrogen-bond acceptors (Lipinski definition) is 3. The van der Waals surface area contributed by atoms with Gasteiger partial charge in [0.05, 0.1) is 6.04 Å². The maximum Gasteiger partial charge on any atom is 0.251 e. The normalized spacial score (nSPS) is 13.4. The van der Waals surface area contributed by atoms with Crippen molar-refractivity contribution < 1.29 is 18.4 Å². The van der Waals surface area contributed by atoms with Crippen LogP contribution < -0.4 is 16.0 Å². The van der Waals surface area contributed by atoms with E-state index < -0.39 is 5.91 Å². The zero-order valence-electron chi connectivity index (χ0n) is 22.5. The summed E-state index contributed by atoms with van der Waals surface area (Å²) >= 11 is 0. The van der Waals surface area contributed by atoms with Crippen LogP contribution in [0.1, 0.15) is 62.4 Å². The number of anilines is 1. The van der Waals surface area contributed by atoms with Crippen molar-refractivity contribution in [3.63, 3.8) is 0 Å². The molecule has 0 saturated heterocycles. The Balaban J connectivity index is 1.35. The van der Waals surface area contributed by atoms with Crippen molar-refractivity contribution in [3.05, 3.63) is 124 Å². The minimum Gasteiger partial charge on any atom is -0.367 e. The van der Waals surface area contributed by atoms with Gasteiger partial charge in [-0.3, -0.25) is 9.59 Å². The van der Waals surface area contributed by atoms with Gasteiger partial charge in [-0.05, 0) is 97.0 Å². The Morgan fingerprint density at radius 1 is 0.975 bits per heavy atom. The van der Waals surface area contributed by atoms with Crippen molar-refractivity contribution in [3.8, 4) is 11.1 Å². The van der Waals surface area contributed by atoms with Crippen LogP contribution in [-0.2, 0) is 13.0 Å². The molecule has 40 heavy (non-hydrogen) atoms. The van der Waals surface area contributed by atoms with Crippen molar-refractivity contribution in [1.82, 2.24) is 5.32 Å². The molecule has 0 fully saturated rings. The highest BCUT2D eigenvalue weighted by Gasteiger charge is 2.21. The number of halogens is 2. The van der Waals surface area contributed by atoms with E-state index in [9.17, 15) is 18.4 Å². The van der Waals surface area contributed by atoms with Crippen molar-refractivity contribution in [2.75, 3.05) is 11.4 Å². The SMILES string of the molecule is Cc1ccc(C(C)NC(=O)c2ccc3c(c2)CCCN3Cc2cc(-c3ccccc3C(N)=O)ccc2F)cc1F. The smallest absolute Gasteiger partial charge is 0.251 e. The first-order valence-corrected chi connectivity index (χ1v) is 13.3. The maximum atomic E-state index is 15.0. The monoisotopic (exact) mass is 539 g/mol. The quantitative estimate of drug-likeness (QED) is 0.282. The minimum absolute atomic E-state index is 0.236. The molecule has 1 heterocycles. The first kappa shape index (κ1) is 27.1. The molecule has 4 aromatic rings. The summed E-state index contributed by atoms with van der Waals surface area (Å²) in [7, 11) is 0. The van der Waals surface area contributed by atoms with E-state index in [4.69, 9.17) is 5.73 Å². The van der Waals surface area contributed by atoms with Gasteiger partial charge in [-0.1, -0.05) is 36.4 Å². The lowest BCUT2D eigenvalue weighted by Crippen LogP contribution is -2.30. The molecule has 0 spiro atoms. The molecular formula is C33H31F2N3O2. The van der Waals surface area contributed by atoms with Crippen LogP contribution in [0, 0.1) is 18.6 Å². The van der Waals surface area contributed by atoms with E-state index in [0.717, 1.165) is 36.2 Å². The molecular weight excluding hydrogens is 508 g/mol. The molecule has 0 aromatic heterocycles. The third-order valence-electron chi connectivity index (χ3n) is 7.51. The number of carbonyl (C=O) groups excluding carboxylic acids is 2. The lowest BCUT2D eigenvalue weighted by atomic mass is 9.96. The summed E-state index contributed by atoms with van der Waals surface area (Å²) in [5, 5.41) is 2.96. The number of rotatable bonds is 7. The van der Waals surface area contributed by atoms with Crippen LogP contribution in [0.15, 0.2) is 78.9 Å². The summed E-state index contributed by atoms with van der Waals surface area (Å²) < 4.78 is 29.0. The van der Waals surface area contributed by atoms with Crippen molar-refractivity contribution >= 4 is 17.5 Å². The van der Waals surface area contributed by atoms with Gasteiger partial charge >= 0.3 is 0 Å². The van der Waals surface area contributed by atoms with Crippen molar-refractivity contribution in [1.29, 1.82) is 0 Å². The zero-order chi connectivity index (χ0) is 28.4. The fraction of sp³-hybridized carbons (Fsp3) is 0.212. The third kappa shape index (κ3) is 5.59. The van der Waals surface area contributed by atoms with Gasteiger partial charge in [-0.2, -0.15) is 0 Å². The summed E-state index contributed by atoms with van der Waals surface area (Å²) in [4.78, 5) is 27.1. The van der Waals surface area contributed by atoms with Gasteiger partial charge in [-0.25, -0.2) is 8.78 Å². The number of amides is 2. The van der Waals surface area contributed by atoms with E-state index >= 15 is 0 Å². The lowest BCUT2D eigenvalue weighted by molar-refractivity contribution is 0.0938. The molecule has 204 valence electrons. The molecule has 1 atom stereocenters. The predicted octanol–water partition coefficient (Wildman–Crippen LogP) is 6.48. The van der Waals surface area contributed by atoms with Gasteiger partial charge in [0, 0.05) is 35.5 Å². The van der Waals surface area contributed by atoms with E-state index in [0.29, 0.717) is 39.9 Å². The number of carbonyl (C=O) groups is 2. The van der Waals surface area contributed by atoms with E-state index in [1.165, 1.54) is 12.1 Å². The molecule has 1 aliphatic rings. The van der Waals surface area contributed by atoms with Crippen LogP contribution in [-0.4, -0.2) is 18.4 Å². The molecule has 5 nitrogen and oxygen atoms in total. The van der Waals surface area contributed by atoms with Gasteiger partial charge in [0.25, 0.3) is 5.91 Å². The van der Waals surface area contributed by atoms with Crippen molar-refractivity contribution in [2.24, 2.45) is 5.73 Å². The van der Waals surface area contributed by atoms with Crippen LogP contribution in [0.4, 0.5) is 14.5 Å². The standard InChI is InChI=1S/C33H31F2N3O2/c1-20-9-10-22(18-30(20)35)21(2)37-33(40)25-12-14-31-24(17-25)6-5-15-38(31)19-26-16-23(11-13-29(26)34)27-7-3-4-8-28(27)32(36)39/h3-4,7-14,16-18,21H,5-6,15,19H2,1-2H3,(H2,36,39)(H,37,40). The molecule has 0 radical (unpaired) electrons. The van der Waals surface area contributed by atoms with Gasteiger partial charge in [-0.15, -0.1) is 0 Å². The Hall–Kier alpha value is -4.52. The van der Waals surface area contributed by atoms with Crippen LogP contribution in [0.25, 0.3) is 11.1 Å². The third-order valence-corrected chi connectivity index (χ3v) is 7.51. The molecule has 7 heteroatoms. The largest absolute Gasteiger partial charge is 0.367 e. The molecule has 1 unspecified atom stereocenters. The Morgan fingerprint density at radius 2 is 1.77 bits per heavy atom. The maximum absolute atomic E-state index is 15.0. The first-order valence-electron chi connectivity index (χ1n) is 13.3. The highest BCUT2D eigenvalue weighted by Crippen LogP contribution is 2.32. The number of fused-ring (bicyclic) bond motifs is 1. The van der Waals surface area contributed by atoms with Crippen LogP contribution in [0.3, 0.4) is 0 Å². The fourth-order valence-electron chi connectivity index (χ4n) is 5.24. The Labute approximate surface area is 232 Å². The van der Waals surface area contributed by atoms with E-state index in [-0.39, 0.29) is 23.6 Å². The number of benzene rings is 4. The highest BCUT2D eigenvalue weighted by atomic mass is 19.1. The first-order chi connectivity index (χ1) is 19.2. The van der Waals surface area contributed by atoms with Gasteiger partial charge in [0.2, 0.25) is 5.91 Å². The molecule has 4 aromatic carbocycles. The molecule has 2 amide bonds. The second-order valence-electron chi connectivity index (χ2n) is 10.3. The number of hydrogen-bond donors (Lipinski definition) is 2. The second-order valence-corrected chi connectivity index (χ2v) is 10.3. The Kier molecular flexibility index (Phi) is 7.65. The molecule has 1 aliphatic heterocycles. The highest BCUT2D eigenvalue weighted by molar-refractivity contribution is 6.00. The summed E-state index contributed by atoms with van der Waals surface area (Å²) in [6.07, 6.45) is 1.67. The number of nitrogens with one attached hydrogen (secondary N) is 1. The van der Waals surface area contributed by atoms with E-state index in [1.807, 2.05) is 31.2 Å². The number of nitrogens with two attached hydrogens (primary N) is 1. The molecule has 0 saturated carbocycles. The summed E-state index contributed by atoms with van der Waals surface area (Å²) in [6, 6.07) is 22.0. The summed E-state index contributed by atoms with van der Waals surface area (Å²) in [6.45, 7) is 4.61. The van der Waals surface area contributed by atoms with Crippen LogP contribution >= 0.6 is 0 Å². The number of primary amides is 1. The van der Waals surface area contributed by atoms with Crippen LogP contribution in [0.2, 0.25) is 0 Å². The summed E-state index contributed by atoms with van der Waals surface area (Å²) in [5.41, 5.74) is 11.6. The van der Waals surface area contributed by atoms with Crippen molar-refractivity contribution in [2.45, 2.75) is 39.3 Å².